The standard InChI is InChI=1S/C10H23NO2/c1-5-6-10(12)7-11-8(2)9(3)13-4/h8-12H,5-7H2,1-4H3. The molecule has 0 amide bonds. The van der Waals surface area contributed by atoms with E-state index in [0.717, 1.165) is 12.8 Å². The van der Waals surface area contributed by atoms with Gasteiger partial charge in [0.1, 0.15) is 0 Å². The van der Waals surface area contributed by atoms with E-state index in [0.29, 0.717) is 6.54 Å². The van der Waals surface area contributed by atoms with Crippen molar-refractivity contribution in [3.63, 3.8) is 0 Å². The highest BCUT2D eigenvalue weighted by Gasteiger charge is 2.11. The molecule has 0 rings (SSSR count). The van der Waals surface area contributed by atoms with Crippen LogP contribution in [0, 0.1) is 0 Å². The second-order valence-corrected chi connectivity index (χ2v) is 3.58. The lowest BCUT2D eigenvalue weighted by molar-refractivity contribution is 0.0796. The monoisotopic (exact) mass is 189 g/mol. The molecule has 0 fully saturated rings. The Morgan fingerprint density at radius 2 is 2.00 bits per heavy atom. The van der Waals surface area contributed by atoms with Gasteiger partial charge >= 0.3 is 0 Å². The number of aliphatic hydroxyl groups is 1. The van der Waals surface area contributed by atoms with E-state index in [1.165, 1.54) is 0 Å². The Kier molecular flexibility index (Phi) is 7.23. The highest BCUT2D eigenvalue weighted by molar-refractivity contribution is 4.70. The molecule has 80 valence electrons. The van der Waals surface area contributed by atoms with E-state index in [9.17, 15) is 5.11 Å². The van der Waals surface area contributed by atoms with Crippen molar-refractivity contribution in [2.75, 3.05) is 13.7 Å². The predicted octanol–water partition coefficient (Wildman–Crippen LogP) is 1.16. The van der Waals surface area contributed by atoms with Gasteiger partial charge in [0.15, 0.2) is 0 Å². The van der Waals surface area contributed by atoms with Gasteiger partial charge in [-0.05, 0) is 20.3 Å². The van der Waals surface area contributed by atoms with Crippen LogP contribution in [-0.2, 0) is 4.74 Å². The van der Waals surface area contributed by atoms with Crippen molar-refractivity contribution in [1.82, 2.24) is 5.32 Å². The third-order valence-corrected chi connectivity index (χ3v) is 2.37. The molecule has 3 heteroatoms. The molecule has 0 aliphatic rings. The predicted molar refractivity (Wildman–Crippen MR) is 54.9 cm³/mol. The summed E-state index contributed by atoms with van der Waals surface area (Å²) in [5, 5.41) is 12.7. The molecule has 0 aromatic carbocycles. The molecule has 0 radical (unpaired) electrons. The third-order valence-electron chi connectivity index (χ3n) is 2.37. The number of rotatable bonds is 7. The normalized spacial score (nSPS) is 18.2. The summed E-state index contributed by atoms with van der Waals surface area (Å²) in [5.41, 5.74) is 0. The maximum Gasteiger partial charge on any atom is 0.0693 e. The molecule has 0 aromatic heterocycles. The van der Waals surface area contributed by atoms with Crippen molar-refractivity contribution in [2.45, 2.75) is 51.9 Å². The van der Waals surface area contributed by atoms with Crippen LogP contribution in [0.3, 0.4) is 0 Å². The first-order valence-electron chi connectivity index (χ1n) is 5.06. The zero-order valence-corrected chi connectivity index (χ0v) is 9.21. The van der Waals surface area contributed by atoms with Gasteiger partial charge in [0.25, 0.3) is 0 Å². The summed E-state index contributed by atoms with van der Waals surface area (Å²) in [7, 11) is 1.70. The Morgan fingerprint density at radius 1 is 1.38 bits per heavy atom. The molecular formula is C10H23NO2. The van der Waals surface area contributed by atoms with E-state index in [1.807, 2.05) is 6.92 Å². The van der Waals surface area contributed by atoms with Crippen LogP contribution in [0.4, 0.5) is 0 Å². The number of methoxy groups -OCH3 is 1. The van der Waals surface area contributed by atoms with E-state index in [1.54, 1.807) is 7.11 Å². The van der Waals surface area contributed by atoms with E-state index in [4.69, 9.17) is 4.74 Å². The third kappa shape index (κ3) is 6.02. The Labute approximate surface area is 81.5 Å². The van der Waals surface area contributed by atoms with Crippen molar-refractivity contribution in [3.05, 3.63) is 0 Å². The molecule has 0 aliphatic heterocycles. The van der Waals surface area contributed by atoms with Gasteiger partial charge in [0, 0.05) is 19.7 Å². The maximum atomic E-state index is 9.45. The minimum Gasteiger partial charge on any atom is -0.392 e. The zero-order chi connectivity index (χ0) is 10.3. The maximum absolute atomic E-state index is 9.45. The minimum absolute atomic E-state index is 0.189. The van der Waals surface area contributed by atoms with E-state index < -0.39 is 0 Å². The lowest BCUT2D eigenvalue weighted by Crippen LogP contribution is -2.40. The Hall–Kier alpha value is -0.120. The Morgan fingerprint density at radius 3 is 2.46 bits per heavy atom. The fourth-order valence-corrected chi connectivity index (χ4v) is 1.13. The van der Waals surface area contributed by atoms with Crippen LogP contribution in [0.5, 0.6) is 0 Å². The van der Waals surface area contributed by atoms with Crippen molar-refractivity contribution >= 4 is 0 Å². The van der Waals surface area contributed by atoms with Gasteiger partial charge in [-0.1, -0.05) is 13.3 Å². The van der Waals surface area contributed by atoms with Crippen molar-refractivity contribution in [1.29, 1.82) is 0 Å². The first kappa shape index (κ1) is 12.9. The smallest absolute Gasteiger partial charge is 0.0693 e. The van der Waals surface area contributed by atoms with Crippen molar-refractivity contribution in [2.24, 2.45) is 0 Å². The average molecular weight is 189 g/mol. The van der Waals surface area contributed by atoms with Crippen LogP contribution in [0.2, 0.25) is 0 Å². The summed E-state index contributed by atoms with van der Waals surface area (Å²) in [5.74, 6) is 0. The van der Waals surface area contributed by atoms with Gasteiger partial charge in [-0.2, -0.15) is 0 Å². The van der Waals surface area contributed by atoms with Gasteiger partial charge in [0.2, 0.25) is 0 Å². The van der Waals surface area contributed by atoms with Gasteiger partial charge < -0.3 is 15.2 Å². The summed E-state index contributed by atoms with van der Waals surface area (Å²) >= 11 is 0. The first-order chi connectivity index (χ1) is 6.11. The molecule has 0 saturated heterocycles. The topological polar surface area (TPSA) is 41.5 Å². The average Bonchev–Trinajstić information content (AvgIpc) is 2.13. The largest absolute Gasteiger partial charge is 0.392 e. The lowest BCUT2D eigenvalue weighted by atomic mass is 10.1. The quantitative estimate of drug-likeness (QED) is 0.631. The molecule has 0 bridgehead atoms. The van der Waals surface area contributed by atoms with Gasteiger partial charge in [-0.25, -0.2) is 0 Å². The van der Waals surface area contributed by atoms with Crippen LogP contribution in [0.15, 0.2) is 0 Å². The molecule has 3 atom stereocenters. The van der Waals surface area contributed by atoms with Crippen molar-refractivity contribution in [3.8, 4) is 0 Å². The number of aliphatic hydroxyl groups excluding tert-OH is 1. The summed E-state index contributed by atoms with van der Waals surface area (Å²) in [4.78, 5) is 0. The summed E-state index contributed by atoms with van der Waals surface area (Å²) in [6.07, 6.45) is 1.85. The second-order valence-electron chi connectivity index (χ2n) is 3.58. The summed E-state index contributed by atoms with van der Waals surface area (Å²) < 4.78 is 5.16. The number of hydrogen-bond acceptors (Lipinski definition) is 3. The number of nitrogens with one attached hydrogen (secondary N) is 1. The van der Waals surface area contributed by atoms with E-state index in [-0.39, 0.29) is 18.2 Å². The molecule has 3 nitrogen and oxygen atoms in total. The fourth-order valence-electron chi connectivity index (χ4n) is 1.13. The SMILES string of the molecule is CCCC(O)CNC(C)C(C)OC. The lowest BCUT2D eigenvalue weighted by Gasteiger charge is -2.21. The summed E-state index contributed by atoms with van der Waals surface area (Å²) in [6, 6.07) is 0.288. The first-order valence-corrected chi connectivity index (χ1v) is 5.06. The van der Waals surface area contributed by atoms with Gasteiger partial charge in [0.05, 0.1) is 12.2 Å². The molecule has 0 heterocycles. The molecule has 0 aromatic rings. The van der Waals surface area contributed by atoms with E-state index in [2.05, 4.69) is 19.2 Å². The van der Waals surface area contributed by atoms with Crippen LogP contribution < -0.4 is 5.32 Å². The molecular weight excluding hydrogens is 166 g/mol. The molecule has 13 heavy (non-hydrogen) atoms. The molecule has 0 aliphatic carbocycles. The van der Waals surface area contributed by atoms with Crippen LogP contribution in [0.25, 0.3) is 0 Å². The van der Waals surface area contributed by atoms with Gasteiger partial charge in [-0.15, -0.1) is 0 Å². The highest BCUT2D eigenvalue weighted by Crippen LogP contribution is 1.98. The zero-order valence-electron chi connectivity index (χ0n) is 9.21. The minimum atomic E-state index is -0.225. The Bertz CT molecular complexity index is 119. The molecule has 0 spiro atoms. The molecule has 0 saturated carbocycles. The second kappa shape index (κ2) is 7.30. The van der Waals surface area contributed by atoms with Crippen molar-refractivity contribution < 1.29 is 9.84 Å². The highest BCUT2D eigenvalue weighted by atomic mass is 16.5. The Balaban J connectivity index is 3.50. The molecule has 2 N–H and O–H groups in total. The van der Waals surface area contributed by atoms with E-state index >= 15 is 0 Å². The summed E-state index contributed by atoms with van der Waals surface area (Å²) in [6.45, 7) is 6.81. The van der Waals surface area contributed by atoms with Crippen LogP contribution in [-0.4, -0.2) is 37.0 Å². The molecule has 3 unspecified atom stereocenters. The number of hydrogen-bond donors (Lipinski definition) is 2. The number of ether oxygens (including phenoxy) is 1. The van der Waals surface area contributed by atoms with Gasteiger partial charge in [-0.3, -0.25) is 0 Å². The van der Waals surface area contributed by atoms with Crippen LogP contribution >= 0.6 is 0 Å². The van der Waals surface area contributed by atoms with Crippen LogP contribution in [0.1, 0.15) is 33.6 Å². The fraction of sp³-hybridized carbons (Fsp3) is 1.00.